The van der Waals surface area contributed by atoms with Crippen molar-refractivity contribution in [3.63, 3.8) is 0 Å². The maximum atomic E-state index is 14.8. The number of aliphatic carboxylic acids is 3. The number of nitrogens with zero attached hydrogens (tertiary/aromatic N) is 5. The standard InChI is InChI=1S/C78H117N9O44.Gd/c1-42(88)116-33-17-58(120-46(5)92)67(124-50(9)96)71(128-54(13)100)75(112)79-21-25-86(26-22-80-76(113)72(129-55(14)101)68(125-51(10)97)59(121-47(6)93)18-34-117-43(2)89)62(104)37-84(40-65(108)109)31-29-83(39-64(106)107)30-32-85(41-66(110)111)38-63(105)87(27-23-81-77(114)73(130-56(15)102)69(126-52(11)98)60(122-48(7)94)19-35-118-44(3)90)28-24-82-78(115)74(131-57(16)103)70(127-53(12)99)61(123-49(8)95)20-36-119-45(4)91;/h58-61,67-74H,17-41H2,1-16H3,(H,79,112)(H,80,113)(H,81,114)(H,82,115)(H,106,107)(H,108,109)(H,110,111);/q;+3/p-3/t58-,59-,60-,61-,67+,68+,69+,70+,71-,72-,73-,74-;/m1./s1. The number of amides is 6. The van der Waals surface area contributed by atoms with Crippen LogP contribution in [0.1, 0.15) is 136 Å². The van der Waals surface area contributed by atoms with Crippen LogP contribution in [0.5, 0.6) is 0 Å². The molecule has 0 unspecified atom stereocenters. The molecule has 132 heavy (non-hydrogen) atoms. The molecule has 0 rings (SSSR count). The summed E-state index contributed by atoms with van der Waals surface area (Å²) >= 11 is 0. The Kier molecular flexibility index (Phi) is 60.5. The third-order valence-corrected chi connectivity index (χ3v) is 16.8. The van der Waals surface area contributed by atoms with E-state index in [4.69, 9.17) is 75.8 Å². The normalized spacial score (nSPS) is 13.5. The first-order valence-electron chi connectivity index (χ1n) is 40.2. The Bertz CT molecular complexity index is 3540. The SMILES string of the molecule is CC(=O)OCC[C@@H](OC(C)=O)[C@H](OC(C)=O)[C@@H](OC(C)=O)C(=O)NCCN(CCNC(=O)[C@H](OC(C)=O)[C@@H](OC(C)=O)[C@@H](CCOC(C)=O)OC(C)=O)C(=O)CN(CCN(CCN(CC(=O)[O-])CC(=O)N(CCNC(=O)[C@H](OC(C)=O)[C@@H](OC(C)=O)[C@@H](CCOC(C)=O)OC(C)=O)CCNC(=O)[C@H](OC(C)=O)[C@@H](OC(C)=O)[C@@H](CCOC(C)=O)OC(C)=O)CC(=O)[O-])CC(=O)[O-].[Gd+3]. The zero-order valence-corrected chi connectivity index (χ0v) is 77.9. The van der Waals surface area contributed by atoms with E-state index in [1.165, 1.54) is 0 Å². The zero-order valence-electron chi connectivity index (χ0n) is 75.7. The van der Waals surface area contributed by atoms with Gasteiger partial charge in [-0.3, -0.25) is 120 Å². The smallest absolute Gasteiger partial charge is 0.549 e. The molecular formula is C78H114GdN9O44. The van der Waals surface area contributed by atoms with Gasteiger partial charge in [0, 0.05) is 235 Å². The Morgan fingerprint density at radius 2 is 0.402 bits per heavy atom. The van der Waals surface area contributed by atoms with Gasteiger partial charge < -0.3 is 137 Å². The number of esters is 16. The summed E-state index contributed by atoms with van der Waals surface area (Å²) in [5.41, 5.74) is 0. The third kappa shape index (κ3) is 55.9. The molecule has 0 saturated heterocycles. The second kappa shape index (κ2) is 65.5. The van der Waals surface area contributed by atoms with Crippen molar-refractivity contribution in [1.82, 2.24) is 45.8 Å². The predicted octanol–water partition coefficient (Wildman–Crippen LogP) is -9.74. The molecule has 1 radical (unpaired) electrons. The van der Waals surface area contributed by atoms with E-state index in [1.54, 1.807) is 0 Å². The van der Waals surface area contributed by atoms with Crippen LogP contribution < -0.4 is 36.6 Å². The Labute approximate surface area is 788 Å². The van der Waals surface area contributed by atoms with Gasteiger partial charge in [0.05, 0.1) is 57.4 Å². The first-order chi connectivity index (χ1) is 61.1. The molecule has 0 saturated carbocycles. The van der Waals surface area contributed by atoms with Gasteiger partial charge in [0.15, 0.2) is 24.4 Å². The number of carbonyl (C=O) groups excluding carboxylic acids is 25. The average Bonchev–Trinajstić information content (AvgIpc) is 0.849. The minimum absolute atomic E-state index is 0. The molecule has 0 aromatic heterocycles. The van der Waals surface area contributed by atoms with E-state index in [0.717, 1.165) is 135 Å². The molecule has 0 aromatic rings. The second-order valence-electron chi connectivity index (χ2n) is 28.3. The molecular weight excluding hydrogens is 1920 g/mol. The van der Waals surface area contributed by atoms with E-state index >= 15 is 0 Å². The van der Waals surface area contributed by atoms with Gasteiger partial charge in [0.2, 0.25) is 36.2 Å². The maximum absolute atomic E-state index is 14.8. The summed E-state index contributed by atoms with van der Waals surface area (Å²) < 4.78 is 83.4. The van der Waals surface area contributed by atoms with Crippen LogP contribution in [0.3, 0.4) is 0 Å². The van der Waals surface area contributed by atoms with Crippen LogP contribution in [0, 0.1) is 39.9 Å². The molecule has 0 fully saturated rings. The number of ether oxygens (including phenoxy) is 16. The van der Waals surface area contributed by atoms with Crippen LogP contribution in [0.4, 0.5) is 0 Å². The van der Waals surface area contributed by atoms with Crippen LogP contribution in [0.2, 0.25) is 0 Å². The minimum atomic E-state index is -2.21. The van der Waals surface area contributed by atoms with Crippen molar-refractivity contribution in [2.24, 2.45) is 0 Å². The Morgan fingerprint density at radius 1 is 0.227 bits per heavy atom. The van der Waals surface area contributed by atoms with Crippen LogP contribution >= 0.6 is 0 Å². The predicted molar refractivity (Wildman–Crippen MR) is 421 cm³/mol. The van der Waals surface area contributed by atoms with Gasteiger partial charge in [0.1, 0.15) is 24.4 Å². The minimum Gasteiger partial charge on any atom is -0.549 e. The van der Waals surface area contributed by atoms with Crippen molar-refractivity contribution >= 4 is 149 Å². The first kappa shape index (κ1) is 122. The third-order valence-electron chi connectivity index (χ3n) is 16.8. The summed E-state index contributed by atoms with van der Waals surface area (Å²) in [6.07, 6.45) is -25.5. The molecule has 0 heterocycles. The first-order valence-corrected chi connectivity index (χ1v) is 40.2. The van der Waals surface area contributed by atoms with Crippen molar-refractivity contribution in [1.29, 1.82) is 0 Å². The molecule has 0 aromatic carbocycles. The van der Waals surface area contributed by atoms with Gasteiger partial charge >= 0.3 is 135 Å². The molecule has 0 aliphatic rings. The number of carboxylic acids is 3. The van der Waals surface area contributed by atoms with Gasteiger partial charge in [0.25, 0.3) is 23.6 Å². The summed E-state index contributed by atoms with van der Waals surface area (Å²) in [7, 11) is 0. The van der Waals surface area contributed by atoms with Crippen molar-refractivity contribution in [2.45, 2.75) is 210 Å². The van der Waals surface area contributed by atoms with Gasteiger partial charge in [-0.15, -0.1) is 0 Å². The summed E-state index contributed by atoms with van der Waals surface area (Å²) in [4.78, 5) is 326. The van der Waals surface area contributed by atoms with E-state index in [-0.39, 0.29) is 39.9 Å². The quantitative estimate of drug-likeness (QED) is 0.0324. The van der Waals surface area contributed by atoms with Gasteiger partial charge in [-0.1, -0.05) is 0 Å². The van der Waals surface area contributed by atoms with E-state index in [0.29, 0.717) is 0 Å². The van der Waals surface area contributed by atoms with Crippen molar-refractivity contribution in [2.75, 3.05) is 138 Å². The average molecular weight is 2040 g/mol. The molecule has 0 spiro atoms. The molecule has 743 valence electrons. The number of rotatable bonds is 64. The molecule has 0 bridgehead atoms. The fourth-order valence-electron chi connectivity index (χ4n) is 12.0. The fourth-order valence-corrected chi connectivity index (χ4v) is 12.0. The number of hydrogen-bond acceptors (Lipinski definition) is 47. The van der Waals surface area contributed by atoms with Crippen molar-refractivity contribution in [3.05, 3.63) is 0 Å². The molecule has 12 atom stereocenters. The van der Waals surface area contributed by atoms with E-state index < -0.39 is 385 Å². The van der Waals surface area contributed by atoms with E-state index in [1.807, 2.05) is 0 Å². The topological polar surface area (TPSA) is 708 Å². The van der Waals surface area contributed by atoms with Gasteiger partial charge in [-0.25, -0.2) is 0 Å². The van der Waals surface area contributed by atoms with Crippen molar-refractivity contribution in [3.8, 4) is 0 Å². The number of hydrogen-bond donors (Lipinski definition) is 4. The number of carbonyl (C=O) groups is 25. The van der Waals surface area contributed by atoms with E-state index in [9.17, 15) is 135 Å². The Balaban J connectivity index is 0. The van der Waals surface area contributed by atoms with Crippen LogP contribution in [0.25, 0.3) is 0 Å². The maximum Gasteiger partial charge on any atom is 3.00 e. The largest absolute Gasteiger partial charge is 3.00 e. The van der Waals surface area contributed by atoms with Gasteiger partial charge in [-0.05, 0) is 0 Å². The zero-order chi connectivity index (χ0) is 100. The molecule has 6 amide bonds. The second-order valence-corrected chi connectivity index (χ2v) is 28.3. The van der Waals surface area contributed by atoms with Gasteiger partial charge in [-0.2, -0.15) is 0 Å². The van der Waals surface area contributed by atoms with E-state index in [2.05, 4.69) is 21.3 Å². The fraction of sp³-hybridized carbons (Fsp3) is 0.679. The summed E-state index contributed by atoms with van der Waals surface area (Å²) in [6, 6.07) is 0. The van der Waals surface area contributed by atoms with Crippen LogP contribution in [-0.2, 0) is 196 Å². The van der Waals surface area contributed by atoms with Crippen LogP contribution in [0.15, 0.2) is 0 Å². The molecule has 54 heteroatoms. The summed E-state index contributed by atoms with van der Waals surface area (Å²) in [6.45, 7) is -1.43. The molecule has 0 aliphatic heterocycles. The molecule has 0 aliphatic carbocycles. The Hall–Kier alpha value is -12.0. The number of carboxylic acid groups (broad SMARTS) is 3. The number of nitrogens with one attached hydrogen (secondary N) is 4. The summed E-state index contributed by atoms with van der Waals surface area (Å²) in [5.74, 6) is -29.8. The van der Waals surface area contributed by atoms with Crippen molar-refractivity contribution < 1.29 is 251 Å². The monoisotopic (exact) mass is 2040 g/mol. The summed E-state index contributed by atoms with van der Waals surface area (Å²) in [5, 5.41) is 47.0. The molecule has 53 nitrogen and oxygen atoms in total. The van der Waals surface area contributed by atoms with Crippen LogP contribution in [-0.4, -0.2) is 384 Å². The molecule has 4 N–H and O–H groups in total. The Morgan fingerprint density at radius 3 is 0.568 bits per heavy atom.